The van der Waals surface area contributed by atoms with E-state index < -0.39 is 10.8 Å². The second-order valence-corrected chi connectivity index (χ2v) is 7.60. The van der Waals surface area contributed by atoms with Gasteiger partial charge < -0.3 is 5.11 Å². The van der Waals surface area contributed by atoms with Gasteiger partial charge in [-0.3, -0.25) is 14.9 Å². The first-order chi connectivity index (χ1) is 13.8. The standard InChI is InChI=1S/C19H13Cl2N3O4S/c1-10(22-23-19(26)12-3-2-4-13(7-12)24(27)28)14-9-29-18(17(14)25)11-5-6-15(20)16(21)8-11/h2-9,25H,1H3,(H,23,26)/b22-10+. The smallest absolute Gasteiger partial charge is 0.271 e. The summed E-state index contributed by atoms with van der Waals surface area (Å²) in [6.07, 6.45) is 0. The molecule has 0 radical (unpaired) electrons. The van der Waals surface area contributed by atoms with Crippen LogP contribution in [0.5, 0.6) is 5.75 Å². The lowest BCUT2D eigenvalue weighted by atomic mass is 10.1. The van der Waals surface area contributed by atoms with Crippen molar-refractivity contribution in [3.8, 4) is 16.2 Å². The first kappa shape index (κ1) is 20.8. The van der Waals surface area contributed by atoms with Crippen LogP contribution in [0.2, 0.25) is 10.0 Å². The van der Waals surface area contributed by atoms with Gasteiger partial charge in [-0.25, -0.2) is 5.43 Å². The van der Waals surface area contributed by atoms with Crippen molar-refractivity contribution in [1.29, 1.82) is 0 Å². The summed E-state index contributed by atoms with van der Waals surface area (Å²) in [7, 11) is 0. The number of carbonyl (C=O) groups excluding carboxylic acids is 1. The molecule has 0 saturated heterocycles. The Bertz CT molecular complexity index is 1140. The summed E-state index contributed by atoms with van der Waals surface area (Å²) in [5.41, 5.74) is 3.74. The molecule has 7 nitrogen and oxygen atoms in total. The van der Waals surface area contributed by atoms with Crippen molar-refractivity contribution in [3.63, 3.8) is 0 Å². The number of halogens is 2. The van der Waals surface area contributed by atoms with Crippen LogP contribution in [0.15, 0.2) is 52.9 Å². The molecule has 0 aliphatic heterocycles. The normalized spacial score (nSPS) is 11.3. The third-order valence-corrected chi connectivity index (χ3v) is 5.74. The van der Waals surface area contributed by atoms with Gasteiger partial charge in [0.05, 0.1) is 31.1 Å². The van der Waals surface area contributed by atoms with Crippen LogP contribution in [-0.4, -0.2) is 21.6 Å². The van der Waals surface area contributed by atoms with E-state index in [1.54, 1.807) is 30.5 Å². The number of rotatable bonds is 5. The maximum atomic E-state index is 12.2. The largest absolute Gasteiger partial charge is 0.506 e. The molecule has 0 aliphatic rings. The number of amides is 1. The number of hydrogen-bond acceptors (Lipinski definition) is 6. The molecule has 0 saturated carbocycles. The van der Waals surface area contributed by atoms with E-state index >= 15 is 0 Å². The highest BCUT2D eigenvalue weighted by atomic mass is 35.5. The van der Waals surface area contributed by atoms with Gasteiger partial charge in [-0.15, -0.1) is 11.3 Å². The SMILES string of the molecule is C/C(=N\NC(=O)c1cccc([N+](=O)[O-])c1)c1csc(-c2ccc(Cl)c(Cl)c2)c1O. The van der Waals surface area contributed by atoms with Gasteiger partial charge in [0.25, 0.3) is 11.6 Å². The Morgan fingerprint density at radius 1 is 1.21 bits per heavy atom. The van der Waals surface area contributed by atoms with Crippen LogP contribution in [0.1, 0.15) is 22.8 Å². The average molecular weight is 450 g/mol. The van der Waals surface area contributed by atoms with E-state index in [1.165, 1.54) is 29.5 Å². The van der Waals surface area contributed by atoms with Gasteiger partial charge >= 0.3 is 0 Å². The van der Waals surface area contributed by atoms with E-state index in [9.17, 15) is 20.0 Å². The number of aromatic hydroxyl groups is 1. The number of nitrogens with zero attached hydrogens (tertiary/aromatic N) is 2. The fourth-order valence-corrected chi connectivity index (χ4v) is 3.77. The Balaban J connectivity index is 1.81. The minimum absolute atomic E-state index is 0.000706. The number of nitro benzene ring substituents is 1. The number of hydrogen-bond donors (Lipinski definition) is 2. The topological polar surface area (TPSA) is 105 Å². The Labute approximate surface area is 179 Å². The monoisotopic (exact) mass is 449 g/mol. The summed E-state index contributed by atoms with van der Waals surface area (Å²) in [5, 5.41) is 27.9. The molecule has 0 atom stereocenters. The number of carbonyl (C=O) groups is 1. The average Bonchev–Trinajstić information content (AvgIpc) is 3.09. The second-order valence-electron chi connectivity index (χ2n) is 5.90. The molecule has 0 bridgehead atoms. The van der Waals surface area contributed by atoms with Crippen LogP contribution in [0.4, 0.5) is 5.69 Å². The zero-order valence-electron chi connectivity index (χ0n) is 14.8. The fourth-order valence-electron chi connectivity index (χ4n) is 2.47. The lowest BCUT2D eigenvalue weighted by molar-refractivity contribution is -0.384. The Hall–Kier alpha value is -2.94. The number of thiophene rings is 1. The number of nitro groups is 1. The van der Waals surface area contributed by atoms with Gasteiger partial charge in [-0.05, 0) is 30.7 Å². The minimum Gasteiger partial charge on any atom is -0.506 e. The van der Waals surface area contributed by atoms with Gasteiger partial charge in [0.15, 0.2) is 0 Å². The predicted octanol–water partition coefficient (Wildman–Crippen LogP) is 5.49. The van der Waals surface area contributed by atoms with E-state index in [0.29, 0.717) is 31.8 Å². The molecule has 0 unspecified atom stereocenters. The van der Waals surface area contributed by atoms with Crippen LogP contribution >= 0.6 is 34.5 Å². The van der Waals surface area contributed by atoms with Gasteiger partial charge in [-0.2, -0.15) is 5.10 Å². The summed E-state index contributed by atoms with van der Waals surface area (Å²) in [6.45, 7) is 1.62. The third-order valence-electron chi connectivity index (χ3n) is 3.98. The molecule has 1 amide bonds. The quantitative estimate of drug-likeness (QED) is 0.305. The Morgan fingerprint density at radius 3 is 2.66 bits per heavy atom. The molecule has 3 aromatic rings. The molecule has 1 aromatic heterocycles. The maximum Gasteiger partial charge on any atom is 0.271 e. The lowest BCUT2D eigenvalue weighted by Gasteiger charge is -2.04. The summed E-state index contributed by atoms with van der Waals surface area (Å²) >= 11 is 13.2. The summed E-state index contributed by atoms with van der Waals surface area (Å²) < 4.78 is 0. The molecule has 2 aromatic carbocycles. The molecule has 0 aliphatic carbocycles. The Morgan fingerprint density at radius 2 is 1.97 bits per heavy atom. The van der Waals surface area contributed by atoms with E-state index in [-0.39, 0.29) is 17.0 Å². The van der Waals surface area contributed by atoms with Crippen molar-refractivity contribution < 1.29 is 14.8 Å². The van der Waals surface area contributed by atoms with E-state index in [1.807, 2.05) is 0 Å². The molecule has 0 spiro atoms. The van der Waals surface area contributed by atoms with E-state index in [0.717, 1.165) is 6.07 Å². The van der Waals surface area contributed by atoms with Gasteiger partial charge in [0, 0.05) is 23.1 Å². The van der Waals surface area contributed by atoms with Crippen molar-refractivity contribution in [2.75, 3.05) is 0 Å². The minimum atomic E-state index is -0.604. The number of nitrogens with one attached hydrogen (secondary N) is 1. The molecule has 0 fully saturated rings. The van der Waals surface area contributed by atoms with Crippen molar-refractivity contribution in [1.82, 2.24) is 5.43 Å². The van der Waals surface area contributed by atoms with Crippen LogP contribution < -0.4 is 5.43 Å². The number of hydrazone groups is 1. The fraction of sp³-hybridized carbons (Fsp3) is 0.0526. The molecular formula is C19H13Cl2N3O4S. The van der Waals surface area contributed by atoms with Gasteiger partial charge in [0.1, 0.15) is 5.75 Å². The highest BCUT2D eigenvalue weighted by Gasteiger charge is 2.16. The van der Waals surface area contributed by atoms with Crippen molar-refractivity contribution in [2.45, 2.75) is 6.92 Å². The lowest BCUT2D eigenvalue weighted by Crippen LogP contribution is -2.19. The summed E-state index contributed by atoms with van der Waals surface area (Å²) in [4.78, 5) is 23.0. The molecule has 3 rings (SSSR count). The highest BCUT2D eigenvalue weighted by molar-refractivity contribution is 7.14. The highest BCUT2D eigenvalue weighted by Crippen LogP contribution is 2.40. The first-order valence-electron chi connectivity index (χ1n) is 8.13. The first-order valence-corrected chi connectivity index (χ1v) is 9.77. The molecule has 10 heteroatoms. The maximum absolute atomic E-state index is 12.2. The van der Waals surface area contributed by atoms with Crippen molar-refractivity contribution in [2.24, 2.45) is 5.10 Å². The molecule has 29 heavy (non-hydrogen) atoms. The van der Waals surface area contributed by atoms with E-state index in [4.69, 9.17) is 23.2 Å². The van der Waals surface area contributed by atoms with Crippen LogP contribution in [0.3, 0.4) is 0 Å². The van der Waals surface area contributed by atoms with Crippen LogP contribution in [0.25, 0.3) is 10.4 Å². The van der Waals surface area contributed by atoms with Crippen LogP contribution in [0, 0.1) is 10.1 Å². The Kier molecular flexibility index (Phi) is 6.17. The van der Waals surface area contributed by atoms with Crippen molar-refractivity contribution in [3.05, 3.63) is 79.1 Å². The zero-order chi connectivity index (χ0) is 21.1. The summed E-state index contributed by atoms with van der Waals surface area (Å²) in [6, 6.07) is 10.3. The number of non-ortho nitro benzene ring substituents is 1. The second kappa shape index (κ2) is 8.60. The third kappa shape index (κ3) is 4.56. The molecule has 2 N–H and O–H groups in total. The van der Waals surface area contributed by atoms with Gasteiger partial charge in [0.2, 0.25) is 0 Å². The molecule has 1 heterocycles. The number of benzene rings is 2. The zero-order valence-corrected chi connectivity index (χ0v) is 17.2. The van der Waals surface area contributed by atoms with Crippen LogP contribution in [-0.2, 0) is 0 Å². The summed E-state index contributed by atoms with van der Waals surface area (Å²) in [5.74, 6) is -0.605. The van der Waals surface area contributed by atoms with Crippen molar-refractivity contribution >= 4 is 51.8 Å². The van der Waals surface area contributed by atoms with E-state index in [2.05, 4.69) is 10.5 Å². The van der Waals surface area contributed by atoms with Gasteiger partial charge in [-0.1, -0.05) is 35.3 Å². The molecular weight excluding hydrogens is 437 g/mol. The molecule has 148 valence electrons. The predicted molar refractivity (Wildman–Crippen MR) is 114 cm³/mol.